The lowest BCUT2D eigenvalue weighted by Gasteiger charge is -2.31. The maximum absolute atomic E-state index is 14.1. The van der Waals surface area contributed by atoms with Crippen molar-refractivity contribution < 1.29 is 9.18 Å². The molecule has 0 N–H and O–H groups in total. The van der Waals surface area contributed by atoms with E-state index in [1.54, 1.807) is 17.0 Å². The largest absolute Gasteiger partial charge is 0.308 e. The zero-order chi connectivity index (χ0) is 15.0. The number of hydrogen-bond donors (Lipinski definition) is 0. The van der Waals surface area contributed by atoms with Gasteiger partial charge in [0.15, 0.2) is 0 Å². The van der Waals surface area contributed by atoms with Crippen LogP contribution in [0.5, 0.6) is 0 Å². The molecule has 0 saturated carbocycles. The van der Waals surface area contributed by atoms with Crippen LogP contribution in [-0.4, -0.2) is 12.5 Å². The molecular weight excluding hydrogens is 333 g/mol. The molecule has 3 rings (SSSR count). The summed E-state index contributed by atoms with van der Waals surface area (Å²) in [5, 5.41) is 0. The molecule has 0 atom stereocenters. The number of rotatable bonds is 1. The molecule has 0 saturated heterocycles. The Morgan fingerprint density at radius 3 is 2.76 bits per heavy atom. The molecule has 0 unspecified atom stereocenters. The molecule has 0 aromatic heterocycles. The summed E-state index contributed by atoms with van der Waals surface area (Å²) < 4.78 is 14.5. The van der Waals surface area contributed by atoms with Gasteiger partial charge in [-0.05, 0) is 59.0 Å². The molecule has 21 heavy (non-hydrogen) atoms. The van der Waals surface area contributed by atoms with Gasteiger partial charge in [-0.3, -0.25) is 4.79 Å². The van der Waals surface area contributed by atoms with Gasteiger partial charge < -0.3 is 4.90 Å². The van der Waals surface area contributed by atoms with Crippen molar-refractivity contribution in [1.82, 2.24) is 0 Å². The van der Waals surface area contributed by atoms with Gasteiger partial charge in [0.05, 0.1) is 11.3 Å². The highest BCUT2D eigenvalue weighted by Gasteiger charge is 2.27. The number of aryl methyl sites for hydroxylation is 2. The molecular formula is C17H15BrFNO. The molecule has 1 heterocycles. The summed E-state index contributed by atoms with van der Waals surface area (Å²) in [6.45, 7) is 2.61. The molecule has 0 aliphatic carbocycles. The number of anilines is 1. The number of carbonyl (C=O) groups excluding carboxylic acids is 1. The Labute approximate surface area is 131 Å². The van der Waals surface area contributed by atoms with Crippen molar-refractivity contribution in [2.24, 2.45) is 0 Å². The predicted octanol–water partition coefficient (Wildman–Crippen LogP) is 4.49. The molecule has 0 radical (unpaired) electrons. The van der Waals surface area contributed by atoms with E-state index < -0.39 is 5.82 Å². The van der Waals surface area contributed by atoms with E-state index in [2.05, 4.69) is 15.9 Å². The third kappa shape index (κ3) is 2.48. The van der Waals surface area contributed by atoms with E-state index in [4.69, 9.17) is 0 Å². The van der Waals surface area contributed by atoms with Crippen molar-refractivity contribution in [3.63, 3.8) is 0 Å². The monoisotopic (exact) mass is 347 g/mol. The fraction of sp³-hybridized carbons (Fsp3) is 0.235. The lowest BCUT2D eigenvalue weighted by molar-refractivity contribution is 0.0980. The average molecular weight is 348 g/mol. The van der Waals surface area contributed by atoms with Crippen molar-refractivity contribution in [3.8, 4) is 0 Å². The Kier molecular flexibility index (Phi) is 3.81. The van der Waals surface area contributed by atoms with Crippen molar-refractivity contribution in [1.29, 1.82) is 0 Å². The second kappa shape index (κ2) is 5.60. The Hall–Kier alpha value is -1.68. The molecule has 2 aromatic rings. The number of hydrogen-bond acceptors (Lipinski definition) is 1. The van der Waals surface area contributed by atoms with Gasteiger partial charge in [-0.25, -0.2) is 4.39 Å². The third-order valence-electron chi connectivity index (χ3n) is 3.84. The minimum atomic E-state index is -0.491. The van der Waals surface area contributed by atoms with Crippen molar-refractivity contribution >= 4 is 27.5 Å². The zero-order valence-corrected chi connectivity index (χ0v) is 13.3. The van der Waals surface area contributed by atoms with Gasteiger partial charge in [0, 0.05) is 11.0 Å². The summed E-state index contributed by atoms with van der Waals surface area (Å²) in [6, 6.07) is 10.6. The molecule has 0 fully saturated rings. The van der Waals surface area contributed by atoms with Gasteiger partial charge in [-0.15, -0.1) is 0 Å². The number of fused-ring (bicyclic) bond motifs is 1. The Bertz CT molecular complexity index is 694. The number of nitrogens with zero attached hydrogens (tertiary/aromatic N) is 1. The first kappa shape index (κ1) is 14.3. The number of benzene rings is 2. The molecule has 1 aliphatic rings. The van der Waals surface area contributed by atoms with Crippen LogP contribution >= 0.6 is 15.9 Å². The Balaban J connectivity index is 2.09. The molecule has 2 aromatic carbocycles. The first-order chi connectivity index (χ1) is 10.1. The van der Waals surface area contributed by atoms with E-state index in [0.29, 0.717) is 11.0 Å². The molecule has 4 heteroatoms. The lowest BCUT2D eigenvalue weighted by atomic mass is 9.97. The summed E-state index contributed by atoms with van der Waals surface area (Å²) in [7, 11) is 0. The van der Waals surface area contributed by atoms with E-state index >= 15 is 0 Å². The summed E-state index contributed by atoms with van der Waals surface area (Å²) in [4.78, 5) is 14.5. The Morgan fingerprint density at radius 1 is 1.24 bits per heavy atom. The van der Waals surface area contributed by atoms with E-state index in [1.807, 2.05) is 25.1 Å². The second-order valence-electron chi connectivity index (χ2n) is 5.24. The highest BCUT2D eigenvalue weighted by Crippen LogP contribution is 2.33. The van der Waals surface area contributed by atoms with Crippen LogP contribution in [0, 0.1) is 12.7 Å². The molecule has 2 nitrogen and oxygen atoms in total. The van der Waals surface area contributed by atoms with E-state index in [1.165, 1.54) is 6.07 Å². The number of para-hydroxylation sites is 1. The van der Waals surface area contributed by atoms with Crippen LogP contribution in [0.1, 0.15) is 27.9 Å². The quantitative estimate of drug-likeness (QED) is 0.744. The van der Waals surface area contributed by atoms with Crippen LogP contribution in [-0.2, 0) is 6.42 Å². The minimum Gasteiger partial charge on any atom is -0.308 e. The molecule has 1 amide bonds. The number of carbonyl (C=O) groups is 1. The third-order valence-corrected chi connectivity index (χ3v) is 4.50. The SMILES string of the molecule is Cc1cccc2c1N(C(=O)c1c(F)cccc1Br)CCC2. The highest BCUT2D eigenvalue weighted by atomic mass is 79.9. The zero-order valence-electron chi connectivity index (χ0n) is 11.7. The highest BCUT2D eigenvalue weighted by molar-refractivity contribution is 9.10. The van der Waals surface area contributed by atoms with Crippen LogP contribution in [0.2, 0.25) is 0 Å². The summed E-state index contributed by atoms with van der Waals surface area (Å²) in [5.74, 6) is -0.773. The number of halogens is 2. The standard InChI is InChI=1S/C17H15BrFNO/c1-11-5-2-6-12-7-4-10-20(16(11)12)17(21)15-13(18)8-3-9-14(15)19/h2-3,5-6,8-9H,4,7,10H2,1H3. The van der Waals surface area contributed by atoms with E-state index in [9.17, 15) is 9.18 Å². The van der Waals surface area contributed by atoms with Crippen LogP contribution in [0.4, 0.5) is 10.1 Å². The van der Waals surface area contributed by atoms with Crippen LogP contribution in [0.25, 0.3) is 0 Å². The van der Waals surface area contributed by atoms with E-state index in [0.717, 1.165) is 29.7 Å². The normalized spacial score (nSPS) is 14.0. The average Bonchev–Trinajstić information content (AvgIpc) is 2.46. The van der Waals surface area contributed by atoms with E-state index in [-0.39, 0.29) is 11.5 Å². The fourth-order valence-corrected chi connectivity index (χ4v) is 3.40. The fourth-order valence-electron chi connectivity index (χ4n) is 2.89. The van der Waals surface area contributed by atoms with Gasteiger partial charge in [-0.2, -0.15) is 0 Å². The van der Waals surface area contributed by atoms with Gasteiger partial charge in [0.1, 0.15) is 5.82 Å². The number of amides is 1. The lowest BCUT2D eigenvalue weighted by Crippen LogP contribution is -2.36. The molecule has 0 bridgehead atoms. The smallest absolute Gasteiger partial charge is 0.262 e. The first-order valence-electron chi connectivity index (χ1n) is 6.94. The summed E-state index contributed by atoms with van der Waals surface area (Å²) in [5.41, 5.74) is 3.24. The van der Waals surface area contributed by atoms with Crippen molar-refractivity contribution in [3.05, 3.63) is 63.4 Å². The minimum absolute atomic E-state index is 0.105. The molecule has 1 aliphatic heterocycles. The van der Waals surface area contributed by atoms with Crippen molar-refractivity contribution in [2.75, 3.05) is 11.4 Å². The van der Waals surface area contributed by atoms with Gasteiger partial charge in [0.25, 0.3) is 5.91 Å². The van der Waals surface area contributed by atoms with Gasteiger partial charge in [0.2, 0.25) is 0 Å². The van der Waals surface area contributed by atoms with Crippen LogP contribution < -0.4 is 4.90 Å². The molecule has 0 spiro atoms. The van der Waals surface area contributed by atoms with Gasteiger partial charge >= 0.3 is 0 Å². The van der Waals surface area contributed by atoms with Gasteiger partial charge in [-0.1, -0.05) is 24.3 Å². The van der Waals surface area contributed by atoms with Crippen molar-refractivity contribution in [2.45, 2.75) is 19.8 Å². The Morgan fingerprint density at radius 2 is 2.00 bits per heavy atom. The second-order valence-corrected chi connectivity index (χ2v) is 6.09. The first-order valence-corrected chi connectivity index (χ1v) is 7.73. The van der Waals surface area contributed by atoms with Crippen LogP contribution in [0.15, 0.2) is 40.9 Å². The van der Waals surface area contributed by atoms with Crippen LogP contribution in [0.3, 0.4) is 0 Å². The maximum Gasteiger partial charge on any atom is 0.262 e. The summed E-state index contributed by atoms with van der Waals surface area (Å²) >= 11 is 3.29. The maximum atomic E-state index is 14.1. The predicted molar refractivity (Wildman–Crippen MR) is 85.3 cm³/mol. The molecule has 108 valence electrons. The summed E-state index contributed by atoms with van der Waals surface area (Å²) in [6.07, 6.45) is 1.85. The topological polar surface area (TPSA) is 20.3 Å².